The molecule has 1 aromatic rings. The van der Waals surface area contributed by atoms with E-state index in [0.717, 1.165) is 0 Å². The first kappa shape index (κ1) is 11.3. The lowest BCUT2D eigenvalue weighted by molar-refractivity contribution is 0.0524. The van der Waals surface area contributed by atoms with E-state index in [2.05, 4.69) is 4.74 Å². The molecule has 0 aliphatic carbocycles. The molecule has 1 rings (SSSR count). The number of halogens is 3. The van der Waals surface area contributed by atoms with Crippen LogP contribution in [0.5, 0.6) is 0 Å². The molecule has 0 aromatic heterocycles. The van der Waals surface area contributed by atoms with E-state index >= 15 is 0 Å². The fourth-order valence-electron chi connectivity index (χ4n) is 0.870. The summed E-state index contributed by atoms with van der Waals surface area (Å²) >= 11 is 10.8. The molecule has 0 unspecified atom stereocenters. The number of carbonyl (C=O) groups is 1. The van der Waals surface area contributed by atoms with Gasteiger partial charge >= 0.3 is 5.97 Å². The summed E-state index contributed by atoms with van der Waals surface area (Å²) in [7, 11) is 0. The Labute approximate surface area is 90.6 Å². The molecule has 2 nitrogen and oxygen atoms in total. The van der Waals surface area contributed by atoms with Gasteiger partial charge in [-0.25, -0.2) is 9.18 Å². The van der Waals surface area contributed by atoms with Crippen molar-refractivity contribution in [2.75, 3.05) is 12.5 Å². The number of carbonyl (C=O) groups excluding carboxylic acids is 1. The van der Waals surface area contributed by atoms with Crippen LogP contribution in [0.2, 0.25) is 5.02 Å². The number of hydrogen-bond acceptors (Lipinski definition) is 2. The van der Waals surface area contributed by atoms with Gasteiger partial charge in [0.1, 0.15) is 6.61 Å². The summed E-state index contributed by atoms with van der Waals surface area (Å²) in [4.78, 5) is 11.2. The second-order valence-electron chi connectivity index (χ2n) is 2.43. The zero-order valence-corrected chi connectivity index (χ0v) is 8.61. The molecule has 0 atom stereocenters. The normalized spacial score (nSPS) is 9.93. The Bertz CT molecular complexity index is 342. The topological polar surface area (TPSA) is 26.3 Å². The van der Waals surface area contributed by atoms with Gasteiger partial charge in [0.2, 0.25) is 0 Å². The quantitative estimate of drug-likeness (QED) is 0.596. The fourth-order valence-corrected chi connectivity index (χ4v) is 1.12. The highest BCUT2D eigenvalue weighted by Crippen LogP contribution is 2.18. The van der Waals surface area contributed by atoms with Crippen LogP contribution in [-0.4, -0.2) is 18.5 Å². The molecule has 14 heavy (non-hydrogen) atoms. The van der Waals surface area contributed by atoms with Crippen LogP contribution < -0.4 is 0 Å². The Hall–Kier alpha value is -0.800. The zero-order valence-electron chi connectivity index (χ0n) is 7.10. The zero-order chi connectivity index (χ0) is 10.6. The molecule has 76 valence electrons. The molecule has 0 radical (unpaired) electrons. The second-order valence-corrected chi connectivity index (χ2v) is 3.21. The molecule has 0 saturated heterocycles. The van der Waals surface area contributed by atoms with Gasteiger partial charge in [0.05, 0.1) is 16.5 Å². The summed E-state index contributed by atoms with van der Waals surface area (Å²) in [6, 6.07) is 4.13. The summed E-state index contributed by atoms with van der Waals surface area (Å²) in [6.07, 6.45) is 0. The molecule has 0 fully saturated rings. The first-order valence-corrected chi connectivity index (χ1v) is 4.75. The summed E-state index contributed by atoms with van der Waals surface area (Å²) in [5, 5.41) is -0.106. The van der Waals surface area contributed by atoms with Gasteiger partial charge in [0.15, 0.2) is 5.82 Å². The van der Waals surface area contributed by atoms with Crippen molar-refractivity contribution in [1.82, 2.24) is 0 Å². The summed E-state index contributed by atoms with van der Waals surface area (Å²) in [5.41, 5.74) is -0.178. The van der Waals surface area contributed by atoms with Gasteiger partial charge in [-0.2, -0.15) is 0 Å². The predicted octanol–water partition coefficient (Wildman–Crippen LogP) is 2.87. The third-order valence-corrected chi connectivity index (χ3v) is 1.93. The SMILES string of the molecule is O=C(OCCCl)c1cccc(Cl)c1F. The average Bonchev–Trinajstić information content (AvgIpc) is 2.18. The number of ether oxygens (including phenoxy) is 1. The molecule has 5 heteroatoms. The van der Waals surface area contributed by atoms with Crippen LogP contribution in [-0.2, 0) is 4.74 Å². The lowest BCUT2D eigenvalue weighted by atomic mass is 10.2. The lowest BCUT2D eigenvalue weighted by Gasteiger charge is -2.04. The minimum absolute atomic E-state index is 0.0480. The molecule has 0 amide bonds. The summed E-state index contributed by atoms with van der Waals surface area (Å²) in [6.45, 7) is 0.0480. The van der Waals surface area contributed by atoms with Crippen molar-refractivity contribution in [3.8, 4) is 0 Å². The number of benzene rings is 1. The van der Waals surface area contributed by atoms with Crippen molar-refractivity contribution in [2.45, 2.75) is 0 Å². The monoisotopic (exact) mass is 236 g/mol. The molecule has 1 aromatic carbocycles. The molecule has 0 aliphatic rings. The van der Waals surface area contributed by atoms with Gasteiger partial charge in [-0.15, -0.1) is 11.6 Å². The highest BCUT2D eigenvalue weighted by atomic mass is 35.5. The maximum atomic E-state index is 13.2. The Balaban J connectivity index is 2.84. The van der Waals surface area contributed by atoms with Gasteiger partial charge in [-0.1, -0.05) is 17.7 Å². The van der Waals surface area contributed by atoms with Gasteiger partial charge < -0.3 is 4.74 Å². The second kappa shape index (κ2) is 5.17. The lowest BCUT2D eigenvalue weighted by Crippen LogP contribution is -2.09. The Morgan fingerprint density at radius 2 is 2.21 bits per heavy atom. The minimum atomic E-state index is -0.770. The smallest absolute Gasteiger partial charge is 0.341 e. The molecule has 0 spiro atoms. The molecule has 0 saturated carbocycles. The maximum Gasteiger partial charge on any atom is 0.341 e. The predicted molar refractivity (Wildman–Crippen MR) is 52.4 cm³/mol. The van der Waals surface area contributed by atoms with Gasteiger partial charge in [-0.3, -0.25) is 0 Å². The first-order chi connectivity index (χ1) is 6.66. The van der Waals surface area contributed by atoms with Crippen molar-refractivity contribution < 1.29 is 13.9 Å². The number of alkyl halides is 1. The third-order valence-electron chi connectivity index (χ3n) is 1.48. The number of hydrogen-bond donors (Lipinski definition) is 0. The van der Waals surface area contributed by atoms with E-state index in [-0.39, 0.29) is 23.1 Å². The van der Waals surface area contributed by atoms with Crippen molar-refractivity contribution in [3.63, 3.8) is 0 Å². The van der Waals surface area contributed by atoms with Crippen molar-refractivity contribution in [1.29, 1.82) is 0 Å². The molecule has 0 heterocycles. The molecular formula is C9H7Cl2FO2. The maximum absolute atomic E-state index is 13.2. The number of esters is 1. The van der Waals surface area contributed by atoms with E-state index in [1.807, 2.05) is 0 Å². The fraction of sp³-hybridized carbons (Fsp3) is 0.222. The van der Waals surface area contributed by atoms with E-state index < -0.39 is 11.8 Å². The number of rotatable bonds is 3. The standard InChI is InChI=1S/C9H7Cl2FO2/c10-4-5-14-9(13)6-2-1-3-7(11)8(6)12/h1-3H,4-5H2. The van der Waals surface area contributed by atoms with E-state index in [4.69, 9.17) is 23.2 Å². The van der Waals surface area contributed by atoms with E-state index in [1.165, 1.54) is 18.2 Å². The molecule has 0 aliphatic heterocycles. The Kier molecular flexibility index (Phi) is 4.17. The highest BCUT2D eigenvalue weighted by Gasteiger charge is 2.14. The Morgan fingerprint density at radius 3 is 2.86 bits per heavy atom. The molecular weight excluding hydrogens is 230 g/mol. The van der Waals surface area contributed by atoms with Crippen LogP contribution in [0.4, 0.5) is 4.39 Å². The Morgan fingerprint density at radius 1 is 1.50 bits per heavy atom. The van der Waals surface area contributed by atoms with E-state index in [0.29, 0.717) is 0 Å². The van der Waals surface area contributed by atoms with Crippen molar-refractivity contribution in [3.05, 3.63) is 34.6 Å². The summed E-state index contributed by atoms with van der Waals surface area (Å²) in [5.74, 6) is -1.35. The van der Waals surface area contributed by atoms with Gasteiger partial charge in [0, 0.05) is 0 Å². The van der Waals surface area contributed by atoms with Gasteiger partial charge in [-0.05, 0) is 12.1 Å². The van der Waals surface area contributed by atoms with E-state index in [9.17, 15) is 9.18 Å². The van der Waals surface area contributed by atoms with Crippen LogP contribution in [0.3, 0.4) is 0 Å². The van der Waals surface area contributed by atoms with Crippen LogP contribution in [0, 0.1) is 5.82 Å². The highest BCUT2D eigenvalue weighted by molar-refractivity contribution is 6.31. The van der Waals surface area contributed by atoms with Crippen LogP contribution >= 0.6 is 23.2 Å². The van der Waals surface area contributed by atoms with Crippen molar-refractivity contribution >= 4 is 29.2 Å². The first-order valence-electron chi connectivity index (χ1n) is 3.84. The van der Waals surface area contributed by atoms with Gasteiger partial charge in [0.25, 0.3) is 0 Å². The van der Waals surface area contributed by atoms with Crippen LogP contribution in [0.1, 0.15) is 10.4 Å². The largest absolute Gasteiger partial charge is 0.461 e. The van der Waals surface area contributed by atoms with Crippen LogP contribution in [0.25, 0.3) is 0 Å². The van der Waals surface area contributed by atoms with E-state index in [1.54, 1.807) is 0 Å². The molecule has 0 N–H and O–H groups in total. The third kappa shape index (κ3) is 2.59. The molecule has 0 bridgehead atoms. The minimum Gasteiger partial charge on any atom is -0.461 e. The van der Waals surface area contributed by atoms with Crippen molar-refractivity contribution in [2.24, 2.45) is 0 Å². The van der Waals surface area contributed by atoms with Crippen LogP contribution in [0.15, 0.2) is 18.2 Å². The summed E-state index contributed by atoms with van der Waals surface area (Å²) < 4.78 is 17.9. The average molecular weight is 237 g/mol.